The van der Waals surface area contributed by atoms with Crippen molar-refractivity contribution in [1.29, 1.82) is 0 Å². The van der Waals surface area contributed by atoms with Crippen LogP contribution in [0, 0.1) is 0 Å². The molecular formula is C8H10F3N3O3. The Bertz CT molecular complexity index is 366. The van der Waals surface area contributed by atoms with Gasteiger partial charge in [0.05, 0.1) is 5.92 Å². The van der Waals surface area contributed by atoms with Gasteiger partial charge in [-0.1, -0.05) is 0 Å². The highest BCUT2D eigenvalue weighted by Gasteiger charge is 2.38. The van der Waals surface area contributed by atoms with Crippen LogP contribution in [0.25, 0.3) is 0 Å². The molecule has 0 radical (unpaired) electrons. The normalized spacial score (nSPS) is 23.3. The summed E-state index contributed by atoms with van der Waals surface area (Å²) in [5.41, 5.74) is 0. The maximum Gasteiger partial charge on any atom is 0.490 e. The van der Waals surface area contributed by atoms with Crippen LogP contribution in [0.3, 0.4) is 0 Å². The van der Waals surface area contributed by atoms with Gasteiger partial charge in [-0.05, 0) is 6.92 Å². The number of aliphatic carboxylic acids is 1. The number of nitrogens with zero attached hydrogens (tertiary/aromatic N) is 2. The highest BCUT2D eigenvalue weighted by Crippen LogP contribution is 2.22. The first-order valence-electron chi connectivity index (χ1n) is 4.62. The second-order valence-corrected chi connectivity index (χ2v) is 3.38. The number of nitrogens with one attached hydrogen (secondary N) is 1. The van der Waals surface area contributed by atoms with Gasteiger partial charge in [-0.15, -0.1) is 10.2 Å². The van der Waals surface area contributed by atoms with E-state index in [0.29, 0.717) is 12.0 Å². The second kappa shape index (κ2) is 5.13. The smallest absolute Gasteiger partial charge is 0.475 e. The van der Waals surface area contributed by atoms with Crippen LogP contribution in [0.15, 0.2) is 10.8 Å². The van der Waals surface area contributed by atoms with E-state index in [-0.39, 0.29) is 0 Å². The van der Waals surface area contributed by atoms with E-state index in [0.717, 1.165) is 12.4 Å². The summed E-state index contributed by atoms with van der Waals surface area (Å²) >= 11 is 0. The first-order chi connectivity index (χ1) is 7.82. The Morgan fingerprint density at radius 3 is 2.47 bits per heavy atom. The van der Waals surface area contributed by atoms with Crippen LogP contribution in [0.5, 0.6) is 0 Å². The molecule has 0 spiro atoms. The fraction of sp³-hybridized carbons (Fsp3) is 0.625. The minimum absolute atomic E-state index is 0.433. The minimum Gasteiger partial charge on any atom is -0.475 e. The summed E-state index contributed by atoms with van der Waals surface area (Å²) in [5.74, 6) is -1.57. The zero-order valence-corrected chi connectivity index (χ0v) is 8.73. The molecule has 1 saturated heterocycles. The monoisotopic (exact) mass is 253 g/mol. The van der Waals surface area contributed by atoms with E-state index < -0.39 is 12.1 Å². The number of halogens is 3. The topological polar surface area (TPSA) is 88.3 Å². The molecule has 96 valence electrons. The van der Waals surface area contributed by atoms with E-state index in [1.165, 1.54) is 6.39 Å². The van der Waals surface area contributed by atoms with Crippen molar-refractivity contribution in [2.45, 2.75) is 25.1 Å². The molecule has 0 bridgehead atoms. The van der Waals surface area contributed by atoms with Gasteiger partial charge in [-0.25, -0.2) is 4.79 Å². The molecule has 2 rings (SSSR count). The number of hydrogen-bond donors (Lipinski definition) is 2. The molecule has 6 nitrogen and oxygen atoms in total. The third-order valence-electron chi connectivity index (χ3n) is 2.20. The average Bonchev–Trinajstić information content (AvgIpc) is 2.68. The van der Waals surface area contributed by atoms with Gasteiger partial charge in [0.2, 0.25) is 12.3 Å². The van der Waals surface area contributed by atoms with E-state index in [1.807, 2.05) is 0 Å². The van der Waals surface area contributed by atoms with Gasteiger partial charge in [0, 0.05) is 12.6 Å². The van der Waals surface area contributed by atoms with E-state index in [2.05, 4.69) is 22.4 Å². The quantitative estimate of drug-likeness (QED) is 0.768. The Balaban J connectivity index is 0.000000185. The lowest BCUT2D eigenvalue weighted by atomic mass is 9.93. The summed E-state index contributed by atoms with van der Waals surface area (Å²) in [7, 11) is 0. The largest absolute Gasteiger partial charge is 0.490 e. The fourth-order valence-electron chi connectivity index (χ4n) is 1.12. The predicted molar refractivity (Wildman–Crippen MR) is 48.2 cm³/mol. The third-order valence-corrected chi connectivity index (χ3v) is 2.20. The maximum absolute atomic E-state index is 10.6. The Kier molecular flexibility index (Phi) is 4.05. The number of aromatic nitrogens is 2. The Labute approximate surface area is 93.8 Å². The Hall–Kier alpha value is -1.64. The summed E-state index contributed by atoms with van der Waals surface area (Å²) in [5, 5.41) is 17.8. The minimum atomic E-state index is -5.08. The van der Waals surface area contributed by atoms with Crippen molar-refractivity contribution in [3.63, 3.8) is 0 Å². The number of carboxylic acids is 1. The van der Waals surface area contributed by atoms with Gasteiger partial charge in [-0.2, -0.15) is 13.2 Å². The van der Waals surface area contributed by atoms with Crippen LogP contribution in [-0.2, 0) is 4.79 Å². The second-order valence-electron chi connectivity index (χ2n) is 3.38. The first-order valence-corrected chi connectivity index (χ1v) is 4.62. The molecule has 1 fully saturated rings. The standard InChI is InChI=1S/C6H9N3O.C2HF3O2/c1-4-5(2-7-4)6-9-8-3-10-6;3-2(4,5)1(6)7/h3-5,7H,2H2,1H3;(H,6,7)/t4-,5+;/m0./s1. The number of carboxylic acid groups (broad SMARTS) is 1. The van der Waals surface area contributed by atoms with Crippen molar-refractivity contribution in [3.05, 3.63) is 12.3 Å². The molecule has 1 aromatic heterocycles. The molecule has 0 aliphatic carbocycles. The van der Waals surface area contributed by atoms with E-state index >= 15 is 0 Å². The maximum atomic E-state index is 10.6. The van der Waals surface area contributed by atoms with Gasteiger partial charge in [0.1, 0.15) is 0 Å². The molecule has 1 aliphatic heterocycles. The van der Waals surface area contributed by atoms with Crippen molar-refractivity contribution in [1.82, 2.24) is 15.5 Å². The number of hydrogen-bond acceptors (Lipinski definition) is 5. The molecule has 17 heavy (non-hydrogen) atoms. The van der Waals surface area contributed by atoms with Crippen molar-refractivity contribution in [3.8, 4) is 0 Å². The van der Waals surface area contributed by atoms with E-state index in [9.17, 15) is 13.2 Å². The fourth-order valence-corrected chi connectivity index (χ4v) is 1.12. The van der Waals surface area contributed by atoms with Crippen molar-refractivity contribution >= 4 is 5.97 Å². The summed E-state index contributed by atoms with van der Waals surface area (Å²) in [4.78, 5) is 8.90. The highest BCUT2D eigenvalue weighted by atomic mass is 19.4. The molecule has 1 aromatic rings. The SMILES string of the molecule is C[C@@H]1NC[C@H]1c1nnco1.O=C(O)C(F)(F)F. The van der Waals surface area contributed by atoms with Crippen molar-refractivity contribution in [2.75, 3.05) is 6.54 Å². The van der Waals surface area contributed by atoms with Gasteiger partial charge < -0.3 is 14.8 Å². The zero-order valence-electron chi connectivity index (χ0n) is 8.73. The predicted octanol–water partition coefficient (Wildman–Crippen LogP) is 0.778. The molecular weight excluding hydrogens is 243 g/mol. The lowest BCUT2D eigenvalue weighted by Gasteiger charge is -2.32. The zero-order chi connectivity index (χ0) is 13.1. The number of rotatable bonds is 1. The Morgan fingerprint density at radius 1 is 1.65 bits per heavy atom. The van der Waals surface area contributed by atoms with Crippen LogP contribution in [0.4, 0.5) is 13.2 Å². The lowest BCUT2D eigenvalue weighted by molar-refractivity contribution is -0.192. The van der Waals surface area contributed by atoms with Crippen LogP contribution in [0.2, 0.25) is 0 Å². The molecule has 0 saturated carbocycles. The summed E-state index contributed by atoms with van der Waals surface area (Å²) in [6, 6.07) is 0.487. The lowest BCUT2D eigenvalue weighted by Crippen LogP contribution is -2.49. The van der Waals surface area contributed by atoms with Gasteiger partial charge in [0.25, 0.3) is 0 Å². The number of carbonyl (C=O) groups is 1. The number of alkyl halides is 3. The van der Waals surface area contributed by atoms with Crippen LogP contribution in [-0.4, -0.2) is 40.0 Å². The van der Waals surface area contributed by atoms with Crippen molar-refractivity contribution < 1.29 is 27.5 Å². The van der Waals surface area contributed by atoms with Crippen LogP contribution < -0.4 is 5.32 Å². The van der Waals surface area contributed by atoms with Crippen LogP contribution in [0.1, 0.15) is 18.7 Å². The summed E-state index contributed by atoms with van der Waals surface area (Å²) in [6.45, 7) is 3.07. The van der Waals surface area contributed by atoms with Gasteiger partial charge in [0.15, 0.2) is 0 Å². The van der Waals surface area contributed by atoms with E-state index in [1.54, 1.807) is 0 Å². The summed E-state index contributed by atoms with van der Waals surface area (Å²) < 4.78 is 36.8. The summed E-state index contributed by atoms with van der Waals surface area (Å²) in [6.07, 6.45) is -3.71. The Morgan fingerprint density at radius 2 is 2.24 bits per heavy atom. The van der Waals surface area contributed by atoms with Gasteiger partial charge >= 0.3 is 12.1 Å². The van der Waals surface area contributed by atoms with Crippen molar-refractivity contribution in [2.24, 2.45) is 0 Å². The molecule has 2 N–H and O–H groups in total. The highest BCUT2D eigenvalue weighted by molar-refractivity contribution is 5.73. The van der Waals surface area contributed by atoms with Gasteiger partial charge in [-0.3, -0.25) is 0 Å². The molecule has 9 heteroatoms. The molecule has 2 atom stereocenters. The average molecular weight is 253 g/mol. The molecule has 1 aliphatic rings. The molecule has 0 unspecified atom stereocenters. The molecule has 0 amide bonds. The van der Waals surface area contributed by atoms with Crippen LogP contribution >= 0.6 is 0 Å². The molecule has 2 heterocycles. The van der Waals surface area contributed by atoms with E-state index in [4.69, 9.17) is 14.3 Å². The molecule has 0 aromatic carbocycles. The third kappa shape index (κ3) is 3.70. The first kappa shape index (κ1) is 13.4.